The minimum Gasteiger partial charge on any atom is -0.354 e. The number of carbonyl (C=O) groups excluding carboxylic acids is 1. The van der Waals surface area contributed by atoms with E-state index in [1.807, 2.05) is 0 Å². The van der Waals surface area contributed by atoms with Crippen molar-refractivity contribution in [1.29, 1.82) is 0 Å². The van der Waals surface area contributed by atoms with Crippen LogP contribution in [0.2, 0.25) is 0 Å². The Morgan fingerprint density at radius 2 is 1.90 bits per heavy atom. The number of amides is 1. The van der Waals surface area contributed by atoms with Crippen LogP contribution in [0.25, 0.3) is 0 Å². The summed E-state index contributed by atoms with van der Waals surface area (Å²) in [4.78, 5) is 15.0. The smallest absolute Gasteiger partial charge is 0.227 e. The summed E-state index contributed by atoms with van der Waals surface area (Å²) in [5, 5.41) is 3.16. The molecule has 0 spiro atoms. The van der Waals surface area contributed by atoms with Crippen molar-refractivity contribution >= 4 is 5.91 Å². The van der Waals surface area contributed by atoms with Crippen LogP contribution in [0, 0.1) is 5.41 Å². The molecule has 116 valence electrons. The van der Waals surface area contributed by atoms with E-state index < -0.39 is 0 Å². The van der Waals surface area contributed by atoms with Crippen LogP contribution >= 0.6 is 0 Å². The lowest BCUT2D eigenvalue weighted by atomic mass is 9.79. The zero-order chi connectivity index (χ0) is 14.4. The number of hydrogen-bond donors (Lipinski definition) is 2. The number of nitrogens with two attached hydrogens (primary N) is 1. The van der Waals surface area contributed by atoms with Gasteiger partial charge in [-0.2, -0.15) is 0 Å². The van der Waals surface area contributed by atoms with Crippen molar-refractivity contribution in [1.82, 2.24) is 10.2 Å². The molecule has 0 atom stereocenters. The van der Waals surface area contributed by atoms with Gasteiger partial charge in [-0.15, -0.1) is 0 Å². The molecule has 2 rings (SSSR count). The van der Waals surface area contributed by atoms with E-state index in [9.17, 15) is 4.79 Å². The molecule has 2 saturated carbocycles. The second kappa shape index (κ2) is 7.41. The molecule has 0 bridgehead atoms. The van der Waals surface area contributed by atoms with Gasteiger partial charge in [0, 0.05) is 25.7 Å². The van der Waals surface area contributed by atoms with Crippen LogP contribution in [0.4, 0.5) is 0 Å². The maximum atomic E-state index is 12.5. The predicted octanol–water partition coefficient (Wildman–Crippen LogP) is 1.89. The number of carbonyl (C=O) groups is 1. The molecule has 2 aliphatic rings. The molecule has 0 saturated heterocycles. The van der Waals surface area contributed by atoms with Gasteiger partial charge in [-0.1, -0.05) is 32.6 Å². The van der Waals surface area contributed by atoms with E-state index in [4.69, 9.17) is 5.73 Å². The van der Waals surface area contributed by atoms with Crippen LogP contribution in [0.1, 0.15) is 58.3 Å². The van der Waals surface area contributed by atoms with E-state index in [0.717, 1.165) is 51.4 Å². The van der Waals surface area contributed by atoms with Crippen LogP contribution in [-0.4, -0.2) is 43.0 Å². The molecule has 3 N–H and O–H groups in total. The minimum absolute atomic E-state index is 0.203. The third-order valence-corrected chi connectivity index (χ3v) is 5.09. The van der Waals surface area contributed by atoms with Gasteiger partial charge in [0.25, 0.3) is 0 Å². The fourth-order valence-corrected chi connectivity index (χ4v) is 3.47. The van der Waals surface area contributed by atoms with Gasteiger partial charge in [0.1, 0.15) is 0 Å². The normalized spacial score (nSPS) is 22.6. The maximum Gasteiger partial charge on any atom is 0.227 e. The molecule has 4 nitrogen and oxygen atoms in total. The summed E-state index contributed by atoms with van der Waals surface area (Å²) in [7, 11) is 0. The minimum atomic E-state index is -0.285. The van der Waals surface area contributed by atoms with Crippen molar-refractivity contribution in [3.05, 3.63) is 0 Å². The number of nitrogens with one attached hydrogen (secondary N) is 1. The predicted molar refractivity (Wildman–Crippen MR) is 82.5 cm³/mol. The standard InChI is InChI=1S/C16H31N3O/c1-2-19(14-7-8-14)12-11-18-15(20)16(13-17)9-5-3-4-6-10-16/h14H,2-13,17H2,1H3,(H,18,20). The Hall–Kier alpha value is -0.610. The van der Waals surface area contributed by atoms with Crippen molar-refractivity contribution in [2.24, 2.45) is 11.1 Å². The first-order valence-electron chi connectivity index (χ1n) is 8.44. The number of likely N-dealkylation sites (N-methyl/N-ethyl adjacent to an activating group) is 1. The van der Waals surface area contributed by atoms with Crippen LogP contribution in [0.3, 0.4) is 0 Å². The molecule has 4 heteroatoms. The highest BCUT2D eigenvalue weighted by atomic mass is 16.2. The van der Waals surface area contributed by atoms with E-state index in [1.165, 1.54) is 25.7 Å². The van der Waals surface area contributed by atoms with Crippen molar-refractivity contribution < 1.29 is 4.79 Å². The van der Waals surface area contributed by atoms with Gasteiger partial charge in [0.05, 0.1) is 5.41 Å². The van der Waals surface area contributed by atoms with Gasteiger partial charge in [0.2, 0.25) is 5.91 Å². The molecular formula is C16H31N3O. The Morgan fingerprint density at radius 1 is 1.25 bits per heavy atom. The van der Waals surface area contributed by atoms with Crippen molar-refractivity contribution in [2.75, 3.05) is 26.2 Å². The molecular weight excluding hydrogens is 250 g/mol. The Labute approximate surface area is 123 Å². The second-order valence-electron chi connectivity index (χ2n) is 6.51. The summed E-state index contributed by atoms with van der Waals surface area (Å²) in [6.07, 6.45) is 9.39. The third kappa shape index (κ3) is 3.95. The van der Waals surface area contributed by atoms with Gasteiger partial charge in [-0.05, 0) is 32.2 Å². The molecule has 0 aliphatic heterocycles. The molecule has 0 unspecified atom stereocenters. The summed E-state index contributed by atoms with van der Waals surface area (Å²) in [6.45, 7) is 5.53. The summed E-state index contributed by atoms with van der Waals surface area (Å²) in [6, 6.07) is 0.776. The highest BCUT2D eigenvalue weighted by molar-refractivity contribution is 5.82. The van der Waals surface area contributed by atoms with E-state index in [-0.39, 0.29) is 11.3 Å². The first kappa shape index (κ1) is 15.8. The quantitative estimate of drug-likeness (QED) is 0.701. The highest BCUT2D eigenvalue weighted by Gasteiger charge is 2.37. The van der Waals surface area contributed by atoms with Crippen LogP contribution in [0.5, 0.6) is 0 Å². The molecule has 0 radical (unpaired) electrons. The second-order valence-corrected chi connectivity index (χ2v) is 6.51. The monoisotopic (exact) mass is 281 g/mol. The molecule has 1 amide bonds. The van der Waals surface area contributed by atoms with Crippen molar-refractivity contribution in [3.63, 3.8) is 0 Å². The largest absolute Gasteiger partial charge is 0.354 e. The zero-order valence-electron chi connectivity index (χ0n) is 13.0. The topological polar surface area (TPSA) is 58.4 Å². The average molecular weight is 281 g/mol. The molecule has 2 fully saturated rings. The maximum absolute atomic E-state index is 12.5. The number of nitrogens with zero attached hydrogens (tertiary/aromatic N) is 1. The molecule has 0 heterocycles. The summed E-state index contributed by atoms with van der Waals surface area (Å²) in [5.74, 6) is 0.203. The Balaban J connectivity index is 1.79. The lowest BCUT2D eigenvalue weighted by Gasteiger charge is -2.30. The van der Waals surface area contributed by atoms with Crippen molar-refractivity contribution in [2.45, 2.75) is 64.3 Å². The summed E-state index contributed by atoms with van der Waals surface area (Å²) in [5.41, 5.74) is 5.67. The van der Waals surface area contributed by atoms with E-state index >= 15 is 0 Å². The van der Waals surface area contributed by atoms with Crippen molar-refractivity contribution in [3.8, 4) is 0 Å². The third-order valence-electron chi connectivity index (χ3n) is 5.09. The summed E-state index contributed by atoms with van der Waals surface area (Å²) >= 11 is 0. The number of rotatable bonds is 7. The van der Waals surface area contributed by atoms with Gasteiger partial charge >= 0.3 is 0 Å². The Morgan fingerprint density at radius 3 is 2.40 bits per heavy atom. The lowest BCUT2D eigenvalue weighted by Crippen LogP contribution is -2.47. The van der Waals surface area contributed by atoms with Gasteiger partial charge in [-0.3, -0.25) is 9.69 Å². The Kier molecular flexibility index (Phi) is 5.85. The first-order chi connectivity index (χ1) is 9.72. The van der Waals surface area contributed by atoms with Gasteiger partial charge in [-0.25, -0.2) is 0 Å². The lowest BCUT2D eigenvalue weighted by molar-refractivity contribution is -0.131. The molecule has 2 aliphatic carbocycles. The molecule has 0 aromatic heterocycles. The fraction of sp³-hybridized carbons (Fsp3) is 0.938. The van der Waals surface area contributed by atoms with Crippen LogP contribution in [-0.2, 0) is 4.79 Å². The average Bonchev–Trinajstić information content (AvgIpc) is 3.29. The van der Waals surface area contributed by atoms with E-state index in [1.54, 1.807) is 0 Å². The van der Waals surface area contributed by atoms with Crippen LogP contribution < -0.4 is 11.1 Å². The fourth-order valence-electron chi connectivity index (χ4n) is 3.47. The molecule has 0 aromatic rings. The first-order valence-corrected chi connectivity index (χ1v) is 8.44. The van der Waals surface area contributed by atoms with Gasteiger partial charge < -0.3 is 11.1 Å². The molecule has 0 aromatic carbocycles. The van der Waals surface area contributed by atoms with Gasteiger partial charge in [0.15, 0.2) is 0 Å². The van der Waals surface area contributed by atoms with Crippen LogP contribution in [0.15, 0.2) is 0 Å². The van der Waals surface area contributed by atoms with E-state index in [0.29, 0.717) is 6.54 Å². The molecule has 20 heavy (non-hydrogen) atoms. The summed E-state index contributed by atoms with van der Waals surface area (Å²) < 4.78 is 0. The Bertz CT molecular complexity index is 307. The highest BCUT2D eigenvalue weighted by Crippen LogP contribution is 2.34. The zero-order valence-corrected chi connectivity index (χ0v) is 13.0. The van der Waals surface area contributed by atoms with E-state index in [2.05, 4.69) is 17.1 Å². The SMILES string of the molecule is CCN(CCNC(=O)C1(CN)CCCCCC1)C1CC1. The number of hydrogen-bond acceptors (Lipinski definition) is 3.